The predicted molar refractivity (Wildman–Crippen MR) is 87.1 cm³/mol. The highest BCUT2D eigenvalue weighted by Gasteiger charge is 2.20. The molecule has 0 aromatic heterocycles. The zero-order valence-electron chi connectivity index (χ0n) is 10.7. The first-order chi connectivity index (χ1) is 9.54. The van der Waals surface area contributed by atoms with Gasteiger partial charge in [-0.15, -0.1) is 11.6 Å². The molecule has 0 spiro atoms. The van der Waals surface area contributed by atoms with Crippen LogP contribution in [0.5, 0.6) is 5.75 Å². The third-order valence-corrected chi connectivity index (χ3v) is 4.60. The predicted octanol–water partition coefficient (Wildman–Crippen LogP) is 6.08. The molecular weight excluding hydrogens is 410 g/mol. The number of hydrogen-bond donors (Lipinski definition) is 0. The molecule has 2 aromatic rings. The van der Waals surface area contributed by atoms with E-state index in [1.807, 2.05) is 25.1 Å². The van der Waals surface area contributed by atoms with E-state index in [4.69, 9.17) is 16.3 Å². The van der Waals surface area contributed by atoms with Gasteiger partial charge in [-0.2, -0.15) is 0 Å². The zero-order chi connectivity index (χ0) is 14.7. The fourth-order valence-corrected chi connectivity index (χ4v) is 3.24. The summed E-state index contributed by atoms with van der Waals surface area (Å²) in [6.45, 7) is 2.45. The molecule has 0 saturated carbocycles. The molecule has 0 radical (unpaired) electrons. The molecule has 0 amide bonds. The van der Waals surface area contributed by atoms with Gasteiger partial charge in [-0.25, -0.2) is 4.39 Å². The third kappa shape index (κ3) is 3.35. The highest BCUT2D eigenvalue weighted by Crippen LogP contribution is 2.40. The fourth-order valence-electron chi connectivity index (χ4n) is 1.89. The maximum atomic E-state index is 13.6. The van der Waals surface area contributed by atoms with Gasteiger partial charge in [0.1, 0.15) is 11.6 Å². The smallest absolute Gasteiger partial charge is 0.137 e. The fraction of sp³-hybridized carbons (Fsp3) is 0.200. The highest BCUT2D eigenvalue weighted by molar-refractivity contribution is 9.10. The molecule has 0 fully saturated rings. The van der Waals surface area contributed by atoms with Gasteiger partial charge in [0.2, 0.25) is 0 Å². The molecule has 0 N–H and O–H groups in total. The molecule has 0 aliphatic carbocycles. The molecular formula is C15H12Br2ClFO. The van der Waals surface area contributed by atoms with Crippen LogP contribution in [0.15, 0.2) is 45.3 Å². The second kappa shape index (κ2) is 6.92. The Hall–Kier alpha value is -0.580. The number of halogens is 4. The monoisotopic (exact) mass is 420 g/mol. The van der Waals surface area contributed by atoms with Crippen LogP contribution < -0.4 is 4.74 Å². The Morgan fingerprint density at radius 2 is 1.95 bits per heavy atom. The van der Waals surface area contributed by atoms with Crippen LogP contribution in [0.25, 0.3) is 0 Å². The van der Waals surface area contributed by atoms with Gasteiger partial charge in [0, 0.05) is 10.0 Å². The lowest BCUT2D eigenvalue weighted by Crippen LogP contribution is -2.01. The average molecular weight is 423 g/mol. The van der Waals surface area contributed by atoms with Crippen LogP contribution in [0, 0.1) is 5.82 Å². The molecule has 1 nitrogen and oxygen atoms in total. The lowest BCUT2D eigenvalue weighted by molar-refractivity contribution is 0.336. The van der Waals surface area contributed by atoms with Crippen molar-refractivity contribution < 1.29 is 9.13 Å². The van der Waals surface area contributed by atoms with Crippen molar-refractivity contribution in [1.82, 2.24) is 0 Å². The van der Waals surface area contributed by atoms with Crippen molar-refractivity contribution in [2.75, 3.05) is 6.61 Å². The van der Waals surface area contributed by atoms with Gasteiger partial charge in [0.05, 0.1) is 16.5 Å². The van der Waals surface area contributed by atoms with Crippen LogP contribution in [0.2, 0.25) is 0 Å². The molecule has 0 aliphatic rings. The summed E-state index contributed by atoms with van der Waals surface area (Å²) in [7, 11) is 0. The molecule has 106 valence electrons. The Balaban J connectivity index is 2.49. The van der Waals surface area contributed by atoms with Crippen molar-refractivity contribution in [2.45, 2.75) is 12.3 Å². The van der Waals surface area contributed by atoms with E-state index in [0.29, 0.717) is 22.4 Å². The SMILES string of the molecule is CCOc1ccc(Br)cc1C(Cl)c1cccc(F)c1Br. The van der Waals surface area contributed by atoms with Crippen molar-refractivity contribution in [3.05, 3.63) is 62.3 Å². The van der Waals surface area contributed by atoms with Gasteiger partial charge in [-0.1, -0.05) is 28.1 Å². The molecule has 2 rings (SSSR count). The van der Waals surface area contributed by atoms with Crippen molar-refractivity contribution in [3.63, 3.8) is 0 Å². The molecule has 1 unspecified atom stereocenters. The highest BCUT2D eigenvalue weighted by atomic mass is 79.9. The van der Waals surface area contributed by atoms with E-state index in [-0.39, 0.29) is 5.82 Å². The van der Waals surface area contributed by atoms with Crippen LogP contribution in [0.4, 0.5) is 4.39 Å². The van der Waals surface area contributed by atoms with Gasteiger partial charge >= 0.3 is 0 Å². The summed E-state index contributed by atoms with van der Waals surface area (Å²) in [4.78, 5) is 0. The number of ether oxygens (including phenoxy) is 1. The van der Waals surface area contributed by atoms with Crippen molar-refractivity contribution in [3.8, 4) is 5.75 Å². The summed E-state index contributed by atoms with van der Waals surface area (Å²) in [6, 6.07) is 10.5. The van der Waals surface area contributed by atoms with E-state index < -0.39 is 5.38 Å². The van der Waals surface area contributed by atoms with E-state index in [2.05, 4.69) is 31.9 Å². The zero-order valence-corrected chi connectivity index (χ0v) is 14.6. The van der Waals surface area contributed by atoms with Crippen molar-refractivity contribution in [1.29, 1.82) is 0 Å². The minimum absolute atomic E-state index is 0.332. The van der Waals surface area contributed by atoms with E-state index in [1.54, 1.807) is 12.1 Å². The minimum Gasteiger partial charge on any atom is -0.494 e. The summed E-state index contributed by atoms with van der Waals surface area (Å²) in [5.41, 5.74) is 1.47. The first kappa shape index (κ1) is 15.8. The normalized spacial score (nSPS) is 12.2. The van der Waals surface area contributed by atoms with Crippen molar-refractivity contribution in [2.24, 2.45) is 0 Å². The maximum Gasteiger partial charge on any atom is 0.137 e. The molecule has 5 heteroatoms. The summed E-state index contributed by atoms with van der Waals surface area (Å²) in [6.07, 6.45) is 0. The molecule has 0 aliphatic heterocycles. The van der Waals surface area contributed by atoms with Crippen LogP contribution >= 0.6 is 43.5 Å². The van der Waals surface area contributed by atoms with E-state index in [9.17, 15) is 4.39 Å². The lowest BCUT2D eigenvalue weighted by Gasteiger charge is -2.17. The first-order valence-electron chi connectivity index (χ1n) is 6.04. The van der Waals surface area contributed by atoms with Crippen LogP contribution in [-0.4, -0.2) is 6.61 Å². The van der Waals surface area contributed by atoms with Crippen LogP contribution in [0.1, 0.15) is 23.4 Å². The Morgan fingerprint density at radius 1 is 1.20 bits per heavy atom. The average Bonchev–Trinajstić information content (AvgIpc) is 2.43. The topological polar surface area (TPSA) is 9.23 Å². The number of hydrogen-bond acceptors (Lipinski definition) is 1. The number of alkyl halides is 1. The van der Waals surface area contributed by atoms with E-state index in [0.717, 1.165) is 10.0 Å². The van der Waals surface area contributed by atoms with E-state index in [1.165, 1.54) is 6.07 Å². The second-order valence-electron chi connectivity index (χ2n) is 4.12. The van der Waals surface area contributed by atoms with Crippen molar-refractivity contribution >= 4 is 43.5 Å². The molecule has 2 aromatic carbocycles. The molecule has 0 bridgehead atoms. The second-order valence-corrected chi connectivity index (χ2v) is 6.27. The third-order valence-electron chi connectivity index (χ3n) is 2.80. The van der Waals surface area contributed by atoms with Gasteiger partial charge in [-0.3, -0.25) is 0 Å². The largest absolute Gasteiger partial charge is 0.494 e. The van der Waals surface area contributed by atoms with Crippen LogP contribution in [0.3, 0.4) is 0 Å². The van der Waals surface area contributed by atoms with Gasteiger partial charge in [-0.05, 0) is 52.7 Å². The van der Waals surface area contributed by atoms with E-state index >= 15 is 0 Å². The summed E-state index contributed by atoms with van der Waals surface area (Å²) < 4.78 is 20.5. The number of rotatable bonds is 4. The molecule has 1 atom stereocenters. The van der Waals surface area contributed by atoms with Gasteiger partial charge in [0.25, 0.3) is 0 Å². The number of benzene rings is 2. The summed E-state index contributed by atoms with van der Waals surface area (Å²) in [5, 5.41) is -0.501. The molecule has 20 heavy (non-hydrogen) atoms. The first-order valence-corrected chi connectivity index (χ1v) is 8.07. The van der Waals surface area contributed by atoms with Gasteiger partial charge < -0.3 is 4.74 Å². The minimum atomic E-state index is -0.501. The van der Waals surface area contributed by atoms with Crippen LogP contribution in [-0.2, 0) is 0 Å². The molecule has 0 heterocycles. The maximum absolute atomic E-state index is 13.6. The standard InChI is InChI=1S/C15H12Br2ClFO/c1-2-20-13-7-6-9(16)8-11(13)15(18)10-4-3-5-12(19)14(10)17/h3-8,15H,2H2,1H3. The summed E-state index contributed by atoms with van der Waals surface area (Å²) in [5.74, 6) is 0.368. The Bertz CT molecular complexity index is 619. The lowest BCUT2D eigenvalue weighted by atomic mass is 10.0. The van der Waals surface area contributed by atoms with Gasteiger partial charge in [0.15, 0.2) is 0 Å². The Labute approximate surface area is 139 Å². The molecule has 0 saturated heterocycles. The quantitative estimate of drug-likeness (QED) is 0.543. The Kier molecular flexibility index (Phi) is 5.47. The Morgan fingerprint density at radius 3 is 2.65 bits per heavy atom. The summed E-state index contributed by atoms with van der Waals surface area (Å²) >= 11 is 13.2.